The van der Waals surface area contributed by atoms with Gasteiger partial charge < -0.3 is 4.74 Å². The van der Waals surface area contributed by atoms with Crippen molar-refractivity contribution in [1.29, 1.82) is 0 Å². The molecular formula is C8H7N5O2. The molecule has 0 saturated carbocycles. The fourth-order valence-electron chi connectivity index (χ4n) is 0.954. The van der Waals surface area contributed by atoms with Crippen molar-refractivity contribution >= 4 is 5.97 Å². The van der Waals surface area contributed by atoms with Crippen molar-refractivity contribution in [3.05, 3.63) is 30.6 Å². The van der Waals surface area contributed by atoms with Gasteiger partial charge in [-0.1, -0.05) is 0 Å². The van der Waals surface area contributed by atoms with E-state index in [9.17, 15) is 4.79 Å². The second-order valence-corrected chi connectivity index (χ2v) is 2.55. The van der Waals surface area contributed by atoms with Crippen molar-refractivity contribution in [1.82, 2.24) is 24.7 Å². The second kappa shape index (κ2) is 3.82. The standard InChI is InChI=1S/C8H7N5O2/c1-15-7(14)6-11-5-13(12-6)8-9-3-2-4-10-8/h2-5H,1H3. The summed E-state index contributed by atoms with van der Waals surface area (Å²) in [5.41, 5.74) is 0. The zero-order chi connectivity index (χ0) is 10.7. The number of methoxy groups -OCH3 is 1. The summed E-state index contributed by atoms with van der Waals surface area (Å²) < 4.78 is 5.77. The van der Waals surface area contributed by atoms with E-state index in [2.05, 4.69) is 24.8 Å². The number of aromatic nitrogens is 5. The Kier molecular flexibility index (Phi) is 2.36. The minimum absolute atomic E-state index is 0.0232. The van der Waals surface area contributed by atoms with Crippen LogP contribution in [-0.2, 0) is 4.74 Å². The Hall–Kier alpha value is -2.31. The van der Waals surface area contributed by atoms with Crippen LogP contribution in [0, 0.1) is 0 Å². The summed E-state index contributed by atoms with van der Waals surface area (Å²) in [5.74, 6) is -0.269. The molecule has 0 aliphatic rings. The third-order valence-corrected chi connectivity index (χ3v) is 1.62. The summed E-state index contributed by atoms with van der Waals surface area (Å²) in [5, 5.41) is 3.86. The maximum Gasteiger partial charge on any atom is 0.377 e. The van der Waals surface area contributed by atoms with Crippen molar-refractivity contribution < 1.29 is 9.53 Å². The van der Waals surface area contributed by atoms with Gasteiger partial charge in [0.2, 0.25) is 0 Å². The van der Waals surface area contributed by atoms with Gasteiger partial charge in [-0.05, 0) is 6.07 Å². The lowest BCUT2D eigenvalue weighted by Crippen LogP contribution is -2.06. The smallest absolute Gasteiger partial charge is 0.377 e. The van der Waals surface area contributed by atoms with Gasteiger partial charge in [0.25, 0.3) is 11.8 Å². The highest BCUT2D eigenvalue weighted by atomic mass is 16.5. The molecule has 2 aromatic heterocycles. The number of carbonyl (C=O) groups excluding carboxylic acids is 1. The van der Waals surface area contributed by atoms with Gasteiger partial charge in [0, 0.05) is 12.4 Å². The Morgan fingerprint density at radius 2 is 2.07 bits per heavy atom. The van der Waals surface area contributed by atoms with Crippen LogP contribution in [0.5, 0.6) is 0 Å². The summed E-state index contributed by atoms with van der Waals surface area (Å²) in [7, 11) is 1.27. The lowest BCUT2D eigenvalue weighted by molar-refractivity contribution is 0.0587. The number of hydrogen-bond acceptors (Lipinski definition) is 6. The zero-order valence-electron chi connectivity index (χ0n) is 7.86. The molecular weight excluding hydrogens is 198 g/mol. The van der Waals surface area contributed by atoms with Crippen LogP contribution in [-0.4, -0.2) is 37.8 Å². The summed E-state index contributed by atoms with van der Waals surface area (Å²) in [6.07, 6.45) is 4.49. The minimum atomic E-state index is -0.593. The van der Waals surface area contributed by atoms with Gasteiger partial charge >= 0.3 is 5.97 Å². The first-order valence-corrected chi connectivity index (χ1v) is 4.08. The van der Waals surface area contributed by atoms with E-state index in [-0.39, 0.29) is 5.82 Å². The van der Waals surface area contributed by atoms with E-state index in [1.807, 2.05) is 0 Å². The van der Waals surface area contributed by atoms with Crippen LogP contribution in [0.25, 0.3) is 5.95 Å². The summed E-state index contributed by atoms with van der Waals surface area (Å²) in [4.78, 5) is 22.7. The zero-order valence-corrected chi connectivity index (χ0v) is 7.86. The minimum Gasteiger partial charge on any atom is -0.463 e. The van der Waals surface area contributed by atoms with Gasteiger partial charge in [-0.15, -0.1) is 5.10 Å². The Balaban J connectivity index is 2.32. The van der Waals surface area contributed by atoms with Crippen LogP contribution in [0.2, 0.25) is 0 Å². The second-order valence-electron chi connectivity index (χ2n) is 2.55. The molecule has 0 spiro atoms. The third kappa shape index (κ3) is 1.80. The van der Waals surface area contributed by atoms with E-state index in [1.165, 1.54) is 18.1 Å². The molecule has 0 unspecified atom stereocenters. The van der Waals surface area contributed by atoms with Crippen molar-refractivity contribution in [2.75, 3.05) is 7.11 Å². The molecule has 0 amide bonds. The molecule has 0 aromatic carbocycles. The lowest BCUT2D eigenvalue weighted by atomic mass is 10.6. The normalized spacial score (nSPS) is 9.93. The average Bonchev–Trinajstić information content (AvgIpc) is 2.78. The van der Waals surface area contributed by atoms with Crippen molar-refractivity contribution in [3.8, 4) is 5.95 Å². The van der Waals surface area contributed by atoms with Crippen LogP contribution in [0.1, 0.15) is 10.6 Å². The Labute approximate surface area is 84.8 Å². The fraction of sp³-hybridized carbons (Fsp3) is 0.125. The van der Waals surface area contributed by atoms with Gasteiger partial charge in [-0.2, -0.15) is 4.68 Å². The predicted molar refractivity (Wildman–Crippen MR) is 48.3 cm³/mol. The molecule has 2 aromatic rings. The van der Waals surface area contributed by atoms with E-state index in [4.69, 9.17) is 0 Å². The molecule has 0 N–H and O–H groups in total. The van der Waals surface area contributed by atoms with Gasteiger partial charge in [0.05, 0.1) is 7.11 Å². The SMILES string of the molecule is COC(=O)c1ncn(-c2ncccn2)n1. The molecule has 7 nitrogen and oxygen atoms in total. The van der Waals surface area contributed by atoms with Gasteiger partial charge in [0.15, 0.2) is 0 Å². The molecule has 15 heavy (non-hydrogen) atoms. The average molecular weight is 205 g/mol. The number of carbonyl (C=O) groups is 1. The van der Waals surface area contributed by atoms with E-state index in [1.54, 1.807) is 18.5 Å². The van der Waals surface area contributed by atoms with Crippen molar-refractivity contribution in [2.24, 2.45) is 0 Å². The molecule has 0 bridgehead atoms. The maximum atomic E-state index is 11.1. The van der Waals surface area contributed by atoms with Gasteiger partial charge in [0.1, 0.15) is 6.33 Å². The predicted octanol–water partition coefficient (Wildman–Crippen LogP) is -0.156. The molecule has 0 saturated heterocycles. The highest BCUT2D eigenvalue weighted by Crippen LogP contribution is 1.98. The molecule has 0 radical (unpaired) electrons. The highest BCUT2D eigenvalue weighted by molar-refractivity contribution is 5.84. The molecule has 0 atom stereocenters. The van der Waals surface area contributed by atoms with Crippen molar-refractivity contribution in [2.45, 2.75) is 0 Å². The largest absolute Gasteiger partial charge is 0.463 e. The number of hydrogen-bond donors (Lipinski definition) is 0. The quantitative estimate of drug-likeness (QED) is 0.634. The van der Waals surface area contributed by atoms with Gasteiger partial charge in [-0.3, -0.25) is 0 Å². The number of esters is 1. The lowest BCUT2D eigenvalue weighted by Gasteiger charge is -1.95. The van der Waals surface area contributed by atoms with Crippen LogP contribution >= 0.6 is 0 Å². The van der Waals surface area contributed by atoms with E-state index >= 15 is 0 Å². The van der Waals surface area contributed by atoms with Gasteiger partial charge in [-0.25, -0.2) is 19.7 Å². The van der Waals surface area contributed by atoms with Crippen LogP contribution in [0.4, 0.5) is 0 Å². The topological polar surface area (TPSA) is 82.8 Å². The monoisotopic (exact) mass is 205 g/mol. The Bertz CT molecular complexity index is 467. The Morgan fingerprint density at radius 3 is 2.73 bits per heavy atom. The van der Waals surface area contributed by atoms with Crippen LogP contribution in [0.3, 0.4) is 0 Å². The first kappa shape index (κ1) is 9.25. The molecule has 0 aliphatic heterocycles. The highest BCUT2D eigenvalue weighted by Gasteiger charge is 2.12. The number of ether oxygens (including phenoxy) is 1. The summed E-state index contributed by atoms with van der Waals surface area (Å²) in [6.45, 7) is 0. The molecule has 7 heteroatoms. The molecule has 2 heterocycles. The van der Waals surface area contributed by atoms with Crippen LogP contribution in [0.15, 0.2) is 24.8 Å². The fourth-order valence-corrected chi connectivity index (χ4v) is 0.954. The first-order chi connectivity index (χ1) is 7.31. The molecule has 2 rings (SSSR count). The Morgan fingerprint density at radius 1 is 1.33 bits per heavy atom. The number of rotatable bonds is 2. The van der Waals surface area contributed by atoms with E-state index in [0.717, 1.165) is 0 Å². The summed E-state index contributed by atoms with van der Waals surface area (Å²) in [6, 6.07) is 1.68. The molecule has 0 fully saturated rings. The first-order valence-electron chi connectivity index (χ1n) is 4.08. The van der Waals surface area contributed by atoms with Crippen LogP contribution < -0.4 is 0 Å². The maximum absolute atomic E-state index is 11.1. The molecule has 0 aliphatic carbocycles. The number of nitrogens with zero attached hydrogens (tertiary/aromatic N) is 5. The van der Waals surface area contributed by atoms with E-state index < -0.39 is 5.97 Å². The van der Waals surface area contributed by atoms with E-state index in [0.29, 0.717) is 5.95 Å². The summed E-state index contributed by atoms with van der Waals surface area (Å²) >= 11 is 0. The third-order valence-electron chi connectivity index (χ3n) is 1.62. The molecule has 76 valence electrons. The van der Waals surface area contributed by atoms with Crippen molar-refractivity contribution in [3.63, 3.8) is 0 Å².